The van der Waals surface area contributed by atoms with Gasteiger partial charge in [-0.1, -0.05) is 11.8 Å². The van der Waals surface area contributed by atoms with Gasteiger partial charge in [0.25, 0.3) is 0 Å². The second kappa shape index (κ2) is 6.64. The molecular formula is C6H14MoO3PS. The molecule has 0 unspecified atom stereocenters. The maximum atomic E-state index is 11.2. The van der Waals surface area contributed by atoms with Crippen LogP contribution in [0.25, 0.3) is 0 Å². The summed E-state index contributed by atoms with van der Waals surface area (Å²) in [5.41, 5.74) is 0. The van der Waals surface area contributed by atoms with Gasteiger partial charge in [0.15, 0.2) is 0 Å². The van der Waals surface area contributed by atoms with Crippen LogP contribution in [0, 0.1) is 0 Å². The van der Waals surface area contributed by atoms with Crippen LogP contribution in [0.3, 0.4) is 0 Å². The Kier molecular flexibility index (Phi) is 8.68. The Labute approximate surface area is 93.4 Å². The molecule has 0 atom stereocenters. The first-order chi connectivity index (χ1) is 4.83. The third kappa shape index (κ3) is 9.31. The molecule has 1 radical (unpaired) electrons. The van der Waals surface area contributed by atoms with E-state index >= 15 is 0 Å². The van der Waals surface area contributed by atoms with E-state index in [2.05, 4.69) is 11.8 Å². The molecule has 0 saturated carbocycles. The molecule has 0 amide bonds. The van der Waals surface area contributed by atoms with Crippen molar-refractivity contribution in [2.45, 2.75) is 39.9 Å². The van der Waals surface area contributed by atoms with Crippen LogP contribution in [0.4, 0.5) is 0 Å². The van der Waals surface area contributed by atoms with Crippen LogP contribution in [0.2, 0.25) is 0 Å². The molecule has 6 heteroatoms. The topological polar surface area (TPSA) is 41.5 Å². The molecule has 0 bridgehead atoms. The van der Waals surface area contributed by atoms with Crippen LogP contribution in [0.15, 0.2) is 0 Å². The molecule has 12 heavy (non-hydrogen) atoms. The van der Waals surface area contributed by atoms with Crippen molar-refractivity contribution in [1.82, 2.24) is 0 Å². The molecule has 0 fully saturated rings. The fourth-order valence-electron chi connectivity index (χ4n) is 0.541. The monoisotopic (exact) mass is 295 g/mol. The average molecular weight is 293 g/mol. The summed E-state index contributed by atoms with van der Waals surface area (Å²) >= 11 is 4.61. The zero-order valence-corrected chi connectivity index (χ0v) is 11.4. The van der Waals surface area contributed by atoms with E-state index in [0.29, 0.717) is 0 Å². The third-order valence-corrected chi connectivity index (χ3v) is 2.56. The first kappa shape index (κ1) is 15.7. The fraction of sp³-hybridized carbons (Fsp3) is 1.00. The Bertz CT molecular complexity index is 149. The first-order valence-electron chi connectivity index (χ1n) is 3.51. The summed E-state index contributed by atoms with van der Waals surface area (Å²) in [4.78, 5) is 11.2. The summed E-state index contributed by atoms with van der Waals surface area (Å²) in [5, 5.41) is 0. The van der Waals surface area contributed by atoms with Crippen LogP contribution < -0.4 is 4.89 Å². The van der Waals surface area contributed by atoms with Crippen molar-refractivity contribution in [3.8, 4) is 0 Å². The van der Waals surface area contributed by atoms with Crippen molar-refractivity contribution in [3.05, 3.63) is 0 Å². The summed E-state index contributed by atoms with van der Waals surface area (Å²) in [6, 6.07) is 0. The summed E-state index contributed by atoms with van der Waals surface area (Å²) in [6.45, 7) is 3.84. The summed E-state index contributed by atoms with van der Waals surface area (Å²) in [6.07, 6.45) is -0.311. The fourth-order valence-corrected chi connectivity index (χ4v) is 2.66. The maximum Gasteiger partial charge on any atom is 1.00 e. The molecule has 73 valence electrons. The molecular weight excluding hydrogens is 279 g/mol. The largest absolute Gasteiger partial charge is 1.00 e. The van der Waals surface area contributed by atoms with E-state index in [0.717, 1.165) is 0 Å². The van der Waals surface area contributed by atoms with E-state index in [1.807, 2.05) is 0 Å². The Balaban J connectivity index is 0. The van der Waals surface area contributed by atoms with Gasteiger partial charge in [0.05, 0.1) is 12.2 Å². The second-order valence-electron chi connectivity index (χ2n) is 2.76. The number of rotatable bonds is 4. The van der Waals surface area contributed by atoms with Crippen LogP contribution in [-0.4, -0.2) is 12.2 Å². The van der Waals surface area contributed by atoms with Gasteiger partial charge in [0.1, 0.15) is 6.72 Å². The minimum absolute atomic E-state index is 0. The summed E-state index contributed by atoms with van der Waals surface area (Å²) in [7, 11) is 0. The van der Waals surface area contributed by atoms with Gasteiger partial charge in [0, 0.05) is 0 Å². The van der Waals surface area contributed by atoms with E-state index in [1.54, 1.807) is 27.7 Å². The van der Waals surface area contributed by atoms with Crippen molar-refractivity contribution in [1.29, 1.82) is 0 Å². The number of hydrogen-bond acceptors (Lipinski definition) is 4. The molecule has 0 saturated heterocycles. The van der Waals surface area contributed by atoms with Gasteiger partial charge in [-0.2, -0.15) is 0 Å². The predicted octanol–water partition coefficient (Wildman–Crippen LogP) is 1.42. The molecule has 0 aliphatic heterocycles. The van der Waals surface area contributed by atoms with Gasteiger partial charge in [0.2, 0.25) is 0 Å². The smallest absolute Gasteiger partial charge is 0.780 e. The molecule has 0 heterocycles. The average Bonchev–Trinajstić information content (AvgIpc) is 1.53. The third-order valence-electron chi connectivity index (χ3n) is 0.680. The molecule has 3 nitrogen and oxygen atoms in total. The molecule has 0 aliphatic carbocycles. The van der Waals surface area contributed by atoms with Gasteiger partial charge in [-0.3, -0.25) is 0 Å². The zero-order valence-electron chi connectivity index (χ0n) is 7.64. The quantitative estimate of drug-likeness (QED) is 0.581. The van der Waals surface area contributed by atoms with Crippen molar-refractivity contribution >= 4 is 18.5 Å². The molecule has 0 aliphatic rings. The van der Waals surface area contributed by atoms with Crippen molar-refractivity contribution < 1.29 is 35.0 Å². The molecule has 0 N–H and O–H groups in total. The number of hydrogen-bond donors (Lipinski definition) is 0. The Morgan fingerprint density at radius 3 is 1.50 bits per heavy atom. The van der Waals surface area contributed by atoms with Gasteiger partial charge < -0.3 is 13.9 Å². The second-order valence-corrected chi connectivity index (χ2v) is 5.41. The van der Waals surface area contributed by atoms with Crippen LogP contribution >= 0.6 is 6.72 Å². The predicted molar refractivity (Wildman–Crippen MR) is 46.7 cm³/mol. The van der Waals surface area contributed by atoms with Crippen molar-refractivity contribution in [2.24, 2.45) is 0 Å². The van der Waals surface area contributed by atoms with Gasteiger partial charge in [-0.15, -0.1) is 0 Å². The van der Waals surface area contributed by atoms with Gasteiger partial charge >= 0.3 is 21.1 Å². The molecule has 0 aromatic carbocycles. The van der Waals surface area contributed by atoms with Crippen LogP contribution in [0.5, 0.6) is 0 Å². The van der Waals surface area contributed by atoms with E-state index in [1.165, 1.54) is 0 Å². The molecule has 0 spiro atoms. The van der Waals surface area contributed by atoms with Crippen molar-refractivity contribution in [3.63, 3.8) is 0 Å². The molecule has 0 rings (SSSR count). The molecule has 0 aromatic rings. The minimum atomic E-state index is -3.22. The standard InChI is InChI=1S/C6H15O3PS.Mo/c1-5(2)8-10(7,11)9-6(3)4;/h5-6H,1-4H3,(H,7,11);/q;+1/p-1. The van der Waals surface area contributed by atoms with Crippen LogP contribution in [-0.2, 0) is 41.9 Å². The molecule has 0 aromatic heterocycles. The minimum Gasteiger partial charge on any atom is -0.780 e. The maximum absolute atomic E-state index is 11.2. The zero-order chi connectivity index (χ0) is 9.07. The van der Waals surface area contributed by atoms with Crippen molar-refractivity contribution in [2.75, 3.05) is 0 Å². The van der Waals surface area contributed by atoms with Crippen LogP contribution in [0.1, 0.15) is 27.7 Å². The SMILES string of the molecule is CC(C)OP([O-])(=S)OC(C)C.[Mo+]. The Morgan fingerprint density at radius 2 is 1.33 bits per heavy atom. The Morgan fingerprint density at radius 1 is 1.08 bits per heavy atom. The van der Waals surface area contributed by atoms with Gasteiger partial charge in [-0.05, 0) is 27.7 Å². The van der Waals surface area contributed by atoms with Gasteiger partial charge in [-0.25, -0.2) is 0 Å². The summed E-state index contributed by atoms with van der Waals surface area (Å²) < 4.78 is 9.79. The normalized spacial score (nSPS) is 11.9. The van der Waals surface area contributed by atoms with E-state index < -0.39 is 6.72 Å². The van der Waals surface area contributed by atoms with E-state index in [-0.39, 0.29) is 33.3 Å². The first-order valence-corrected chi connectivity index (χ1v) is 6.07. The summed E-state index contributed by atoms with van der Waals surface area (Å²) in [5.74, 6) is 0. The van der Waals surface area contributed by atoms with E-state index in [9.17, 15) is 4.89 Å². The van der Waals surface area contributed by atoms with E-state index in [4.69, 9.17) is 9.05 Å². The Hall–Kier alpha value is 1.22.